The highest BCUT2D eigenvalue weighted by atomic mass is 14.0. The van der Waals surface area contributed by atoms with Gasteiger partial charge in [-0.3, -0.25) is 0 Å². The summed E-state index contributed by atoms with van der Waals surface area (Å²) >= 11 is 0. The molecule has 0 nitrogen and oxygen atoms in total. The summed E-state index contributed by atoms with van der Waals surface area (Å²) in [5.41, 5.74) is 0. The zero-order valence-electron chi connectivity index (χ0n) is 18.7. The topological polar surface area (TPSA) is 0 Å². The van der Waals surface area contributed by atoms with Crippen LogP contribution in [0.5, 0.6) is 0 Å². The van der Waals surface area contributed by atoms with Crippen molar-refractivity contribution in [2.24, 2.45) is 0 Å². The fraction of sp³-hybridized carbons (Fsp3) is 1.00. The number of rotatable bonds is 9. The summed E-state index contributed by atoms with van der Waals surface area (Å²) in [6, 6.07) is 0. The van der Waals surface area contributed by atoms with Gasteiger partial charge in [-0.2, -0.15) is 0 Å². The molecular formula is C24H54. The van der Waals surface area contributed by atoms with E-state index < -0.39 is 0 Å². The Morgan fingerprint density at radius 2 is 0.417 bits per heavy atom. The molecule has 0 aromatic heterocycles. The van der Waals surface area contributed by atoms with E-state index in [1.165, 1.54) is 116 Å². The Labute approximate surface area is 157 Å². The highest BCUT2D eigenvalue weighted by Crippen LogP contribution is 2.15. The Morgan fingerprint density at radius 3 is 0.500 bits per heavy atom. The SMILES string of the molecule is C1CCCCC1.CCCCCC.CCCCCC.CCCCCC. The molecule has 0 heterocycles. The molecule has 0 amide bonds. The second-order valence-electron chi connectivity index (χ2n) is 7.24. The monoisotopic (exact) mass is 342 g/mol. The normalized spacial score (nSPS) is 12.8. The number of hydrogen-bond acceptors (Lipinski definition) is 0. The van der Waals surface area contributed by atoms with Crippen molar-refractivity contribution < 1.29 is 0 Å². The molecule has 1 aliphatic rings. The van der Waals surface area contributed by atoms with E-state index in [0.717, 1.165) is 0 Å². The summed E-state index contributed by atoms with van der Waals surface area (Å²) in [6.07, 6.45) is 25.6. The van der Waals surface area contributed by atoms with E-state index in [1.807, 2.05) is 0 Å². The first-order valence-corrected chi connectivity index (χ1v) is 11.7. The predicted octanol–water partition coefficient (Wildman–Crippen LogP) is 10.1. The lowest BCUT2D eigenvalue weighted by Gasteiger charge is -2.05. The van der Waals surface area contributed by atoms with Crippen LogP contribution in [0.3, 0.4) is 0 Å². The molecular weight excluding hydrogens is 288 g/mol. The molecule has 1 fully saturated rings. The van der Waals surface area contributed by atoms with Crippen LogP contribution >= 0.6 is 0 Å². The van der Waals surface area contributed by atoms with Gasteiger partial charge in [0.15, 0.2) is 0 Å². The lowest BCUT2D eigenvalue weighted by Crippen LogP contribution is -1.85. The van der Waals surface area contributed by atoms with E-state index in [2.05, 4.69) is 41.5 Å². The second-order valence-corrected chi connectivity index (χ2v) is 7.24. The van der Waals surface area contributed by atoms with E-state index in [1.54, 1.807) is 0 Å². The van der Waals surface area contributed by atoms with Crippen molar-refractivity contribution in [3.8, 4) is 0 Å². The second kappa shape index (κ2) is 34.4. The Morgan fingerprint density at radius 1 is 0.292 bits per heavy atom. The fourth-order valence-electron chi connectivity index (χ4n) is 2.56. The van der Waals surface area contributed by atoms with Crippen LogP contribution in [0.15, 0.2) is 0 Å². The average molecular weight is 343 g/mol. The maximum absolute atomic E-state index is 2.23. The van der Waals surface area contributed by atoms with Gasteiger partial charge in [0.2, 0.25) is 0 Å². The van der Waals surface area contributed by atoms with Gasteiger partial charge < -0.3 is 0 Å². The van der Waals surface area contributed by atoms with Gasteiger partial charge in [-0.1, -0.05) is 157 Å². The molecule has 0 N–H and O–H groups in total. The van der Waals surface area contributed by atoms with E-state index >= 15 is 0 Å². The first-order chi connectivity index (χ1) is 11.7. The van der Waals surface area contributed by atoms with E-state index in [-0.39, 0.29) is 0 Å². The summed E-state index contributed by atoms with van der Waals surface area (Å²) in [4.78, 5) is 0. The van der Waals surface area contributed by atoms with Gasteiger partial charge in [-0.05, 0) is 0 Å². The molecule has 150 valence electrons. The number of hydrogen-bond donors (Lipinski definition) is 0. The lowest BCUT2D eigenvalue weighted by atomic mass is 10.0. The summed E-state index contributed by atoms with van der Waals surface area (Å²) in [7, 11) is 0. The third-order valence-electron chi connectivity index (χ3n) is 4.37. The van der Waals surface area contributed by atoms with Gasteiger partial charge in [-0.15, -0.1) is 0 Å². The Kier molecular flexibility index (Phi) is 41.2. The zero-order valence-corrected chi connectivity index (χ0v) is 18.7. The van der Waals surface area contributed by atoms with Crippen LogP contribution in [-0.2, 0) is 0 Å². The van der Waals surface area contributed by atoms with Gasteiger partial charge in [0.25, 0.3) is 0 Å². The minimum Gasteiger partial charge on any atom is -0.0654 e. The zero-order chi connectivity index (χ0) is 18.7. The summed E-state index contributed by atoms with van der Waals surface area (Å²) < 4.78 is 0. The van der Waals surface area contributed by atoms with Crippen LogP contribution < -0.4 is 0 Å². The van der Waals surface area contributed by atoms with Gasteiger partial charge in [-0.25, -0.2) is 0 Å². The lowest BCUT2D eigenvalue weighted by molar-refractivity contribution is 0.504. The highest BCUT2D eigenvalue weighted by Gasteiger charge is 1.95. The minimum absolute atomic E-state index is 1.36. The molecule has 1 aliphatic carbocycles. The molecule has 1 rings (SSSR count). The standard InChI is InChI=1S/C6H12.3C6H14/c1-2-4-6-5-3-1;3*1-3-5-6-4-2/h1-6H2;3*3-6H2,1-2H3. The maximum atomic E-state index is 2.23. The molecule has 1 saturated carbocycles. The Balaban J connectivity index is -0.000000245. The van der Waals surface area contributed by atoms with Crippen LogP contribution in [-0.4, -0.2) is 0 Å². The molecule has 0 aromatic carbocycles. The highest BCUT2D eigenvalue weighted by molar-refractivity contribution is 4.51. The summed E-state index contributed by atoms with van der Waals surface area (Å²) in [6.45, 7) is 13.4. The molecule has 24 heavy (non-hydrogen) atoms. The molecule has 0 aromatic rings. The van der Waals surface area contributed by atoms with Crippen molar-refractivity contribution in [3.05, 3.63) is 0 Å². The van der Waals surface area contributed by atoms with Gasteiger partial charge >= 0.3 is 0 Å². The minimum atomic E-state index is 1.36. The molecule has 0 unspecified atom stereocenters. The Hall–Kier alpha value is 0. The smallest absolute Gasteiger partial charge is 0.0533 e. The molecule has 0 heteroatoms. The third kappa shape index (κ3) is 43.1. The van der Waals surface area contributed by atoms with E-state index in [9.17, 15) is 0 Å². The fourth-order valence-corrected chi connectivity index (χ4v) is 2.56. The molecule has 0 saturated heterocycles. The molecule has 0 aliphatic heterocycles. The molecule has 0 atom stereocenters. The van der Waals surface area contributed by atoms with Gasteiger partial charge in [0, 0.05) is 0 Å². The van der Waals surface area contributed by atoms with Crippen LogP contribution in [0.2, 0.25) is 0 Å². The maximum Gasteiger partial charge on any atom is -0.0533 e. The molecule has 0 bridgehead atoms. The van der Waals surface area contributed by atoms with Crippen LogP contribution in [0.4, 0.5) is 0 Å². The Bertz CT molecular complexity index is 104. The van der Waals surface area contributed by atoms with Crippen molar-refractivity contribution in [2.45, 2.75) is 157 Å². The summed E-state index contributed by atoms with van der Waals surface area (Å²) in [5, 5.41) is 0. The van der Waals surface area contributed by atoms with Crippen LogP contribution in [0.25, 0.3) is 0 Å². The van der Waals surface area contributed by atoms with Crippen LogP contribution in [0, 0.1) is 0 Å². The van der Waals surface area contributed by atoms with E-state index in [4.69, 9.17) is 0 Å². The van der Waals surface area contributed by atoms with Crippen molar-refractivity contribution in [1.29, 1.82) is 0 Å². The van der Waals surface area contributed by atoms with Crippen molar-refractivity contribution in [2.75, 3.05) is 0 Å². The number of unbranched alkanes of at least 4 members (excludes halogenated alkanes) is 9. The van der Waals surface area contributed by atoms with E-state index in [0.29, 0.717) is 0 Å². The third-order valence-corrected chi connectivity index (χ3v) is 4.37. The van der Waals surface area contributed by atoms with Crippen molar-refractivity contribution in [1.82, 2.24) is 0 Å². The first kappa shape index (κ1) is 28.8. The largest absolute Gasteiger partial charge is 0.0654 e. The molecule has 0 radical (unpaired) electrons. The quantitative estimate of drug-likeness (QED) is 0.365. The van der Waals surface area contributed by atoms with Gasteiger partial charge in [0.05, 0.1) is 0 Å². The first-order valence-electron chi connectivity index (χ1n) is 11.7. The summed E-state index contributed by atoms with van der Waals surface area (Å²) in [5.74, 6) is 0. The van der Waals surface area contributed by atoms with Crippen molar-refractivity contribution >= 4 is 0 Å². The van der Waals surface area contributed by atoms with Gasteiger partial charge in [0.1, 0.15) is 0 Å². The predicted molar refractivity (Wildman–Crippen MR) is 117 cm³/mol. The average Bonchev–Trinajstić information content (AvgIpc) is 2.66. The van der Waals surface area contributed by atoms with Crippen molar-refractivity contribution in [3.63, 3.8) is 0 Å². The van der Waals surface area contributed by atoms with Crippen LogP contribution in [0.1, 0.15) is 157 Å². The molecule has 0 spiro atoms.